The van der Waals surface area contributed by atoms with Crippen molar-refractivity contribution in [2.45, 2.75) is 19.9 Å². The highest BCUT2D eigenvalue weighted by atomic mass is 16.5. The summed E-state index contributed by atoms with van der Waals surface area (Å²) in [7, 11) is 0. The van der Waals surface area contributed by atoms with Gasteiger partial charge in [0.2, 0.25) is 0 Å². The van der Waals surface area contributed by atoms with Crippen LogP contribution in [0, 0.1) is 0 Å². The third-order valence-electron chi connectivity index (χ3n) is 2.28. The van der Waals surface area contributed by atoms with Gasteiger partial charge in [0, 0.05) is 11.6 Å². The van der Waals surface area contributed by atoms with Gasteiger partial charge in [0.15, 0.2) is 0 Å². The lowest BCUT2D eigenvalue weighted by atomic mass is 10.1. The van der Waals surface area contributed by atoms with Gasteiger partial charge >= 0.3 is 0 Å². The van der Waals surface area contributed by atoms with Crippen LogP contribution in [0.25, 0.3) is 0 Å². The highest BCUT2D eigenvalue weighted by molar-refractivity contribution is 5.95. The summed E-state index contributed by atoms with van der Waals surface area (Å²) >= 11 is 0. The molecule has 1 atom stereocenters. The molecule has 0 radical (unpaired) electrons. The van der Waals surface area contributed by atoms with Crippen LogP contribution in [0.4, 0.5) is 5.69 Å². The van der Waals surface area contributed by atoms with Gasteiger partial charge in [0.05, 0.1) is 12.3 Å². The van der Waals surface area contributed by atoms with Crippen LogP contribution < -0.4 is 15.8 Å². The van der Waals surface area contributed by atoms with Crippen molar-refractivity contribution in [3.8, 4) is 5.75 Å². The molecule has 4 nitrogen and oxygen atoms in total. The van der Waals surface area contributed by atoms with E-state index in [9.17, 15) is 4.79 Å². The van der Waals surface area contributed by atoms with Crippen molar-refractivity contribution in [1.82, 2.24) is 5.32 Å². The maximum atomic E-state index is 11.8. The zero-order chi connectivity index (χ0) is 12.8. The number of anilines is 1. The average Bonchev–Trinajstić information content (AvgIpc) is 2.31. The number of benzene rings is 1. The molecule has 17 heavy (non-hydrogen) atoms. The molecule has 1 aromatic carbocycles. The van der Waals surface area contributed by atoms with E-state index in [1.807, 2.05) is 13.8 Å². The smallest absolute Gasteiger partial charge is 0.251 e. The van der Waals surface area contributed by atoms with Gasteiger partial charge < -0.3 is 15.8 Å². The zero-order valence-corrected chi connectivity index (χ0v) is 10.2. The maximum absolute atomic E-state index is 11.8. The number of nitrogens with two attached hydrogens (primary N) is 1. The lowest BCUT2D eigenvalue weighted by Crippen LogP contribution is -2.30. The van der Waals surface area contributed by atoms with Gasteiger partial charge in [-0.1, -0.05) is 6.08 Å². The molecule has 92 valence electrons. The zero-order valence-electron chi connectivity index (χ0n) is 10.2. The summed E-state index contributed by atoms with van der Waals surface area (Å²) in [5.41, 5.74) is 6.76. The first-order valence-electron chi connectivity index (χ1n) is 5.54. The molecule has 1 aromatic rings. The Balaban J connectivity index is 2.82. The lowest BCUT2D eigenvalue weighted by molar-refractivity contribution is 0.0947. The highest BCUT2D eigenvalue weighted by Crippen LogP contribution is 2.22. The number of nitrogens with one attached hydrogen (secondary N) is 1. The molecule has 0 aliphatic carbocycles. The monoisotopic (exact) mass is 234 g/mol. The molecule has 4 heteroatoms. The highest BCUT2D eigenvalue weighted by Gasteiger charge is 2.09. The average molecular weight is 234 g/mol. The summed E-state index contributed by atoms with van der Waals surface area (Å²) < 4.78 is 5.30. The Hall–Kier alpha value is -1.97. The molecule has 0 saturated heterocycles. The van der Waals surface area contributed by atoms with Gasteiger partial charge in [-0.05, 0) is 32.0 Å². The molecule has 1 rings (SSSR count). The molecular formula is C13H18N2O2. The maximum Gasteiger partial charge on any atom is 0.251 e. The van der Waals surface area contributed by atoms with Crippen molar-refractivity contribution in [2.75, 3.05) is 12.3 Å². The van der Waals surface area contributed by atoms with E-state index in [1.54, 1.807) is 24.3 Å². The molecule has 3 N–H and O–H groups in total. The summed E-state index contributed by atoms with van der Waals surface area (Å²) in [5.74, 6) is 0.424. The van der Waals surface area contributed by atoms with Crippen LogP contribution in [0.15, 0.2) is 30.9 Å². The summed E-state index contributed by atoms with van der Waals surface area (Å²) in [6, 6.07) is 4.92. The predicted octanol–water partition coefficient (Wildman–Crippen LogP) is 1.97. The van der Waals surface area contributed by atoms with E-state index < -0.39 is 0 Å². The molecule has 0 saturated carbocycles. The van der Waals surface area contributed by atoms with Gasteiger partial charge in [-0.25, -0.2) is 0 Å². The van der Waals surface area contributed by atoms with Gasteiger partial charge in [-0.3, -0.25) is 4.79 Å². The SMILES string of the molecule is C=CC(C)NC(=O)c1ccc(OCC)c(N)c1. The van der Waals surface area contributed by atoms with Crippen LogP contribution in [0.2, 0.25) is 0 Å². The minimum absolute atomic E-state index is 0.0738. The standard InChI is InChI=1S/C13H18N2O2/c1-4-9(3)15-13(16)10-6-7-12(17-5-2)11(14)8-10/h4,6-9H,1,5,14H2,2-3H3,(H,15,16). The largest absolute Gasteiger partial charge is 0.492 e. The van der Waals surface area contributed by atoms with Gasteiger partial charge in [-0.2, -0.15) is 0 Å². The van der Waals surface area contributed by atoms with E-state index in [4.69, 9.17) is 10.5 Å². The number of carbonyl (C=O) groups is 1. The molecule has 0 spiro atoms. The first kappa shape index (κ1) is 13.1. The van der Waals surface area contributed by atoms with Crippen molar-refractivity contribution in [3.63, 3.8) is 0 Å². The second-order valence-corrected chi connectivity index (χ2v) is 3.68. The molecule has 0 aromatic heterocycles. The third kappa shape index (κ3) is 3.52. The third-order valence-corrected chi connectivity index (χ3v) is 2.28. The second kappa shape index (κ2) is 5.94. The molecule has 1 unspecified atom stereocenters. The van der Waals surface area contributed by atoms with Crippen molar-refractivity contribution in [1.29, 1.82) is 0 Å². The van der Waals surface area contributed by atoms with Crippen LogP contribution in [-0.2, 0) is 0 Å². The lowest BCUT2D eigenvalue weighted by Gasteiger charge is -2.11. The van der Waals surface area contributed by atoms with Crippen LogP contribution in [0.1, 0.15) is 24.2 Å². The number of hydrogen-bond donors (Lipinski definition) is 2. The van der Waals surface area contributed by atoms with Crippen molar-refractivity contribution < 1.29 is 9.53 Å². The van der Waals surface area contributed by atoms with E-state index >= 15 is 0 Å². The number of nitrogen functional groups attached to an aromatic ring is 1. The van der Waals surface area contributed by atoms with Crippen molar-refractivity contribution >= 4 is 11.6 Å². The number of ether oxygens (including phenoxy) is 1. The summed E-state index contributed by atoms with van der Waals surface area (Å²) in [4.78, 5) is 11.8. The normalized spacial score (nSPS) is 11.6. The van der Waals surface area contributed by atoms with E-state index in [-0.39, 0.29) is 11.9 Å². The molecule has 1 amide bonds. The topological polar surface area (TPSA) is 64.3 Å². The summed E-state index contributed by atoms with van der Waals surface area (Å²) in [6.45, 7) is 7.88. The van der Waals surface area contributed by atoms with E-state index in [2.05, 4.69) is 11.9 Å². The van der Waals surface area contributed by atoms with Crippen LogP contribution in [-0.4, -0.2) is 18.6 Å². The first-order valence-corrected chi connectivity index (χ1v) is 5.54. The minimum Gasteiger partial charge on any atom is -0.492 e. The fourth-order valence-corrected chi connectivity index (χ4v) is 1.33. The Labute approximate surface area is 101 Å². The van der Waals surface area contributed by atoms with Gasteiger partial charge in [-0.15, -0.1) is 6.58 Å². The van der Waals surface area contributed by atoms with Crippen LogP contribution in [0.5, 0.6) is 5.75 Å². The molecule has 0 aliphatic rings. The fourth-order valence-electron chi connectivity index (χ4n) is 1.33. The Bertz CT molecular complexity index is 416. The Morgan fingerprint density at radius 3 is 2.88 bits per heavy atom. The van der Waals surface area contributed by atoms with Crippen molar-refractivity contribution in [3.05, 3.63) is 36.4 Å². The second-order valence-electron chi connectivity index (χ2n) is 3.68. The van der Waals surface area contributed by atoms with Crippen LogP contribution in [0.3, 0.4) is 0 Å². The summed E-state index contributed by atoms with van der Waals surface area (Å²) in [6.07, 6.45) is 1.66. The number of amides is 1. The number of hydrogen-bond acceptors (Lipinski definition) is 3. The first-order chi connectivity index (χ1) is 8.08. The van der Waals surface area contributed by atoms with Gasteiger partial charge in [0.25, 0.3) is 5.91 Å². The van der Waals surface area contributed by atoms with E-state index in [0.29, 0.717) is 23.6 Å². The molecule has 0 bridgehead atoms. The van der Waals surface area contributed by atoms with E-state index in [0.717, 1.165) is 0 Å². The summed E-state index contributed by atoms with van der Waals surface area (Å²) in [5, 5.41) is 2.77. The Kier molecular flexibility index (Phi) is 4.57. The molecule has 0 aliphatic heterocycles. The van der Waals surface area contributed by atoms with E-state index in [1.165, 1.54) is 0 Å². The molecule has 0 heterocycles. The fraction of sp³-hybridized carbons (Fsp3) is 0.308. The van der Waals surface area contributed by atoms with Crippen LogP contribution >= 0.6 is 0 Å². The minimum atomic E-state index is -0.174. The van der Waals surface area contributed by atoms with Crippen molar-refractivity contribution in [2.24, 2.45) is 0 Å². The number of rotatable bonds is 5. The number of carbonyl (C=O) groups excluding carboxylic acids is 1. The Morgan fingerprint density at radius 1 is 1.65 bits per heavy atom. The predicted molar refractivity (Wildman–Crippen MR) is 69.1 cm³/mol. The quantitative estimate of drug-likeness (QED) is 0.604. The molecule has 0 fully saturated rings. The Morgan fingerprint density at radius 2 is 2.35 bits per heavy atom. The van der Waals surface area contributed by atoms with Gasteiger partial charge in [0.1, 0.15) is 5.75 Å². The molecular weight excluding hydrogens is 216 g/mol.